The van der Waals surface area contributed by atoms with Gasteiger partial charge in [-0.1, -0.05) is 25.4 Å². The monoisotopic (exact) mass is 362 g/mol. The van der Waals surface area contributed by atoms with Crippen LogP contribution in [0.5, 0.6) is 0 Å². The molecule has 0 aliphatic heterocycles. The molecule has 0 aromatic heterocycles. The number of carbonyl (C=O) groups is 1. The third-order valence-corrected chi connectivity index (χ3v) is 6.01. The van der Waals surface area contributed by atoms with Gasteiger partial charge in [-0.25, -0.2) is 17.5 Å². The second kappa shape index (κ2) is 8.10. The fourth-order valence-corrected chi connectivity index (χ4v) is 3.61. The number of carbonyl (C=O) groups excluding carboxylic acids is 1. The molecule has 1 atom stereocenters. The highest BCUT2D eigenvalue weighted by Crippen LogP contribution is 2.25. The van der Waals surface area contributed by atoms with Gasteiger partial charge in [-0.2, -0.15) is 0 Å². The Hall–Kier alpha value is -1.15. The van der Waals surface area contributed by atoms with Gasteiger partial charge in [0, 0.05) is 19.6 Å². The van der Waals surface area contributed by atoms with Crippen molar-refractivity contribution in [3.05, 3.63) is 28.8 Å². The molecular weight excluding hydrogens is 340 g/mol. The largest absolute Gasteiger partial charge is 0.465 e. The number of nitrogens with zero attached hydrogens (tertiary/aromatic N) is 1. The molecule has 2 N–H and O–H groups in total. The van der Waals surface area contributed by atoms with Crippen LogP contribution >= 0.6 is 11.6 Å². The summed E-state index contributed by atoms with van der Waals surface area (Å²) in [7, 11) is -1.02. The van der Waals surface area contributed by atoms with Gasteiger partial charge >= 0.3 is 5.97 Å². The van der Waals surface area contributed by atoms with E-state index in [1.165, 1.54) is 36.7 Å². The maximum atomic E-state index is 12.6. The van der Waals surface area contributed by atoms with Gasteiger partial charge < -0.3 is 10.5 Å². The summed E-state index contributed by atoms with van der Waals surface area (Å²) in [4.78, 5) is 11.4. The fraction of sp³-hybridized carbons (Fsp3) is 0.533. The van der Waals surface area contributed by atoms with Crippen LogP contribution in [0.4, 0.5) is 0 Å². The van der Waals surface area contributed by atoms with Crippen molar-refractivity contribution in [3.8, 4) is 0 Å². The predicted octanol–water partition coefficient (Wildman–Crippen LogP) is 2.12. The van der Waals surface area contributed by atoms with Crippen LogP contribution in [-0.4, -0.2) is 45.4 Å². The number of hydrogen-bond donors (Lipinski definition) is 1. The molecule has 23 heavy (non-hydrogen) atoms. The first-order valence-electron chi connectivity index (χ1n) is 7.21. The highest BCUT2D eigenvalue weighted by molar-refractivity contribution is 7.89. The van der Waals surface area contributed by atoms with Gasteiger partial charge in [0.25, 0.3) is 0 Å². The lowest BCUT2D eigenvalue weighted by Gasteiger charge is -2.21. The van der Waals surface area contributed by atoms with Crippen molar-refractivity contribution in [2.75, 3.05) is 20.7 Å². The molecule has 0 aliphatic rings. The van der Waals surface area contributed by atoms with Crippen LogP contribution in [0, 0.1) is 5.92 Å². The Kier molecular flexibility index (Phi) is 7.01. The van der Waals surface area contributed by atoms with Gasteiger partial charge in [0.2, 0.25) is 10.0 Å². The lowest BCUT2D eigenvalue weighted by molar-refractivity contribution is 0.0600. The smallest absolute Gasteiger partial charge is 0.337 e. The van der Waals surface area contributed by atoms with Gasteiger partial charge in [0.15, 0.2) is 0 Å². The molecule has 0 fully saturated rings. The number of methoxy groups -OCH3 is 1. The van der Waals surface area contributed by atoms with Gasteiger partial charge in [0.1, 0.15) is 4.90 Å². The van der Waals surface area contributed by atoms with Crippen molar-refractivity contribution in [2.45, 2.75) is 31.2 Å². The van der Waals surface area contributed by atoms with Crippen molar-refractivity contribution in [3.63, 3.8) is 0 Å². The molecule has 0 amide bonds. The molecule has 0 radical (unpaired) electrons. The minimum Gasteiger partial charge on any atom is -0.465 e. The number of esters is 1. The number of benzene rings is 1. The van der Waals surface area contributed by atoms with Crippen LogP contribution in [0.1, 0.15) is 30.6 Å². The minimum atomic E-state index is -3.75. The van der Waals surface area contributed by atoms with Crippen molar-refractivity contribution in [1.82, 2.24) is 4.31 Å². The van der Waals surface area contributed by atoms with E-state index >= 15 is 0 Å². The zero-order valence-electron chi connectivity index (χ0n) is 13.7. The third kappa shape index (κ3) is 4.91. The summed E-state index contributed by atoms with van der Waals surface area (Å²) in [6.07, 6.45) is 0.547. The van der Waals surface area contributed by atoms with E-state index < -0.39 is 16.0 Å². The molecule has 0 spiro atoms. The molecule has 130 valence electrons. The van der Waals surface area contributed by atoms with Crippen molar-refractivity contribution >= 4 is 27.6 Å². The van der Waals surface area contributed by atoms with Gasteiger partial charge in [0.05, 0.1) is 17.7 Å². The first kappa shape index (κ1) is 19.9. The van der Waals surface area contributed by atoms with Gasteiger partial charge in [-0.05, 0) is 30.5 Å². The Morgan fingerprint density at radius 2 is 2.00 bits per heavy atom. The highest BCUT2D eigenvalue weighted by atomic mass is 35.5. The number of rotatable bonds is 7. The van der Waals surface area contributed by atoms with E-state index in [2.05, 4.69) is 4.74 Å². The second-order valence-electron chi connectivity index (χ2n) is 5.66. The molecule has 1 aromatic rings. The zero-order chi connectivity index (χ0) is 17.8. The van der Waals surface area contributed by atoms with E-state index in [-0.39, 0.29) is 34.0 Å². The Bertz CT molecular complexity index is 661. The summed E-state index contributed by atoms with van der Waals surface area (Å²) in [5.41, 5.74) is 6.14. The molecule has 0 heterocycles. The first-order chi connectivity index (χ1) is 10.6. The number of nitrogens with two attached hydrogens (primary N) is 1. The van der Waals surface area contributed by atoms with Crippen LogP contribution < -0.4 is 5.73 Å². The molecule has 0 aliphatic carbocycles. The molecule has 8 heteroatoms. The highest BCUT2D eigenvalue weighted by Gasteiger charge is 2.25. The summed E-state index contributed by atoms with van der Waals surface area (Å²) in [5.74, 6) is -0.304. The second-order valence-corrected chi connectivity index (χ2v) is 8.08. The number of sulfonamides is 1. The Balaban J connectivity index is 2.97. The average molecular weight is 363 g/mol. The zero-order valence-corrected chi connectivity index (χ0v) is 15.3. The predicted molar refractivity (Wildman–Crippen MR) is 90.0 cm³/mol. The summed E-state index contributed by atoms with van der Waals surface area (Å²) >= 11 is 6.03. The SMILES string of the molecule is COC(=O)c1ccc(S(=O)(=O)N(C)CCC(N)C(C)C)c(Cl)c1. The van der Waals surface area contributed by atoms with Gasteiger partial charge in [-0.3, -0.25) is 0 Å². The van der Waals surface area contributed by atoms with E-state index in [0.29, 0.717) is 6.42 Å². The van der Waals surface area contributed by atoms with E-state index in [0.717, 1.165) is 0 Å². The van der Waals surface area contributed by atoms with Crippen LogP contribution in [0.25, 0.3) is 0 Å². The molecule has 6 nitrogen and oxygen atoms in total. The molecular formula is C15H23ClN2O4S. The summed E-state index contributed by atoms with van der Waals surface area (Å²) in [5, 5.41) is -0.0205. The van der Waals surface area contributed by atoms with Crippen LogP contribution in [0.2, 0.25) is 5.02 Å². The quantitative estimate of drug-likeness (QED) is 0.750. The Labute approximate surface area is 142 Å². The molecule has 1 rings (SSSR count). The minimum absolute atomic E-state index is 0.0205. The fourth-order valence-electron chi connectivity index (χ4n) is 1.91. The normalized spacial score (nSPS) is 13.4. The first-order valence-corrected chi connectivity index (χ1v) is 9.02. The van der Waals surface area contributed by atoms with Gasteiger partial charge in [-0.15, -0.1) is 0 Å². The lowest BCUT2D eigenvalue weighted by atomic mass is 10.0. The number of hydrogen-bond acceptors (Lipinski definition) is 5. The van der Waals surface area contributed by atoms with E-state index in [1.807, 2.05) is 13.8 Å². The van der Waals surface area contributed by atoms with Crippen LogP contribution in [-0.2, 0) is 14.8 Å². The summed E-state index contributed by atoms with van der Waals surface area (Å²) in [6, 6.07) is 3.89. The molecule has 0 saturated heterocycles. The molecule has 0 saturated carbocycles. The van der Waals surface area contributed by atoms with E-state index in [1.54, 1.807) is 0 Å². The van der Waals surface area contributed by atoms with Crippen molar-refractivity contribution in [2.24, 2.45) is 11.7 Å². The Morgan fingerprint density at radius 3 is 2.48 bits per heavy atom. The number of halogens is 1. The molecule has 1 aromatic carbocycles. The average Bonchev–Trinajstić information content (AvgIpc) is 2.50. The van der Waals surface area contributed by atoms with Crippen molar-refractivity contribution < 1.29 is 17.9 Å². The van der Waals surface area contributed by atoms with E-state index in [9.17, 15) is 13.2 Å². The van der Waals surface area contributed by atoms with Crippen LogP contribution in [0.3, 0.4) is 0 Å². The number of ether oxygens (including phenoxy) is 1. The third-order valence-electron chi connectivity index (χ3n) is 3.67. The Morgan fingerprint density at radius 1 is 1.39 bits per heavy atom. The maximum absolute atomic E-state index is 12.6. The standard InChI is InChI=1S/C15H23ClN2O4S/c1-10(2)13(17)7-8-18(3)23(20,21)14-6-5-11(9-12(14)16)15(19)22-4/h5-6,9-10,13H,7-8,17H2,1-4H3. The topological polar surface area (TPSA) is 89.7 Å². The summed E-state index contributed by atoms with van der Waals surface area (Å²) in [6.45, 7) is 4.26. The van der Waals surface area contributed by atoms with Crippen molar-refractivity contribution in [1.29, 1.82) is 0 Å². The molecule has 0 bridgehead atoms. The molecule has 1 unspecified atom stereocenters. The van der Waals surface area contributed by atoms with E-state index in [4.69, 9.17) is 17.3 Å². The maximum Gasteiger partial charge on any atom is 0.337 e. The van der Waals surface area contributed by atoms with Crippen LogP contribution in [0.15, 0.2) is 23.1 Å². The lowest BCUT2D eigenvalue weighted by Crippen LogP contribution is -2.34. The summed E-state index contributed by atoms with van der Waals surface area (Å²) < 4.78 is 30.9.